The van der Waals surface area contributed by atoms with E-state index in [4.69, 9.17) is 4.74 Å². The summed E-state index contributed by atoms with van der Waals surface area (Å²) in [4.78, 5) is 41.2. The Kier molecular flexibility index (Phi) is 4.31. The van der Waals surface area contributed by atoms with Gasteiger partial charge in [0.25, 0.3) is 5.91 Å². The molecule has 2 aromatic rings. The minimum atomic E-state index is -0.689. The van der Waals surface area contributed by atoms with Gasteiger partial charge in [-0.15, -0.1) is 0 Å². The lowest BCUT2D eigenvalue weighted by atomic mass is 10.0. The minimum Gasteiger partial charge on any atom is -0.488 e. The van der Waals surface area contributed by atoms with Gasteiger partial charge >= 0.3 is 0 Å². The van der Waals surface area contributed by atoms with Crippen molar-refractivity contribution in [2.75, 3.05) is 0 Å². The Bertz CT molecular complexity index is 946. The lowest BCUT2D eigenvalue weighted by molar-refractivity contribution is -0.136. The number of pyridine rings is 1. The second kappa shape index (κ2) is 6.79. The number of ether oxygens (including phenoxy) is 1. The zero-order valence-corrected chi connectivity index (χ0v) is 14.3. The van der Waals surface area contributed by atoms with Crippen LogP contribution < -0.4 is 10.1 Å². The van der Waals surface area contributed by atoms with Crippen LogP contribution in [0.3, 0.4) is 0 Å². The third-order valence-corrected chi connectivity index (χ3v) is 4.76. The molecule has 8 heteroatoms. The number of rotatable bonds is 4. The fraction of sp³-hybridized carbons (Fsp3) is 0.263. The van der Waals surface area contributed by atoms with Crippen molar-refractivity contribution in [1.82, 2.24) is 15.2 Å². The van der Waals surface area contributed by atoms with Crippen molar-refractivity contribution < 1.29 is 23.5 Å². The molecular formula is C19H16FN3O4. The molecule has 0 aliphatic carbocycles. The van der Waals surface area contributed by atoms with E-state index in [1.165, 1.54) is 11.1 Å². The van der Waals surface area contributed by atoms with E-state index < -0.39 is 17.9 Å². The van der Waals surface area contributed by atoms with Crippen molar-refractivity contribution in [3.8, 4) is 5.75 Å². The number of hydrogen-bond donors (Lipinski definition) is 1. The van der Waals surface area contributed by atoms with Gasteiger partial charge in [-0.2, -0.15) is 4.39 Å². The number of nitrogens with zero attached hydrogens (tertiary/aromatic N) is 2. The number of piperidine rings is 1. The maximum absolute atomic E-state index is 13.7. The number of hydrogen-bond acceptors (Lipinski definition) is 5. The zero-order chi connectivity index (χ0) is 19.0. The number of benzene rings is 1. The summed E-state index contributed by atoms with van der Waals surface area (Å²) in [6.45, 7) is 0.175. The smallest absolute Gasteiger partial charge is 0.255 e. The number of fused-ring (bicyclic) bond motifs is 1. The summed E-state index contributed by atoms with van der Waals surface area (Å²) in [6, 6.07) is 7.55. The van der Waals surface area contributed by atoms with Gasteiger partial charge in [0.2, 0.25) is 17.8 Å². The number of imide groups is 1. The fourth-order valence-corrected chi connectivity index (χ4v) is 3.37. The van der Waals surface area contributed by atoms with Crippen LogP contribution in [0.2, 0.25) is 0 Å². The molecule has 0 saturated carbocycles. The Morgan fingerprint density at radius 1 is 1.22 bits per heavy atom. The Labute approximate surface area is 154 Å². The summed E-state index contributed by atoms with van der Waals surface area (Å²) in [7, 11) is 0. The summed E-state index contributed by atoms with van der Waals surface area (Å²) < 4.78 is 19.4. The number of amides is 3. The van der Waals surface area contributed by atoms with E-state index in [-0.39, 0.29) is 31.4 Å². The molecule has 2 aliphatic rings. The van der Waals surface area contributed by atoms with Crippen molar-refractivity contribution in [3.63, 3.8) is 0 Å². The maximum Gasteiger partial charge on any atom is 0.255 e. The summed E-state index contributed by atoms with van der Waals surface area (Å²) in [5.41, 5.74) is 1.40. The van der Waals surface area contributed by atoms with E-state index in [0.29, 0.717) is 28.9 Å². The molecule has 1 atom stereocenters. The molecule has 138 valence electrons. The van der Waals surface area contributed by atoms with Crippen LogP contribution in [0.4, 0.5) is 4.39 Å². The Morgan fingerprint density at radius 2 is 2.07 bits per heavy atom. The van der Waals surface area contributed by atoms with Crippen molar-refractivity contribution in [1.29, 1.82) is 0 Å². The maximum atomic E-state index is 13.7. The van der Waals surface area contributed by atoms with Gasteiger partial charge in [-0.1, -0.05) is 6.07 Å². The first-order chi connectivity index (χ1) is 13.0. The lowest BCUT2D eigenvalue weighted by Gasteiger charge is -2.29. The average Bonchev–Trinajstić information content (AvgIpc) is 2.98. The molecule has 1 saturated heterocycles. The standard InChI is InChI=1S/C19H16FN3O4/c20-17-11(3-2-8-21-17)10-27-15-5-1-4-12-13(15)9-23(19(12)26)14-6-7-16(24)22-18(14)25/h1-5,8,14H,6-7,9-10H2,(H,22,24,25). The van der Waals surface area contributed by atoms with E-state index >= 15 is 0 Å². The van der Waals surface area contributed by atoms with Crippen molar-refractivity contribution in [2.24, 2.45) is 0 Å². The number of aromatic nitrogens is 1. The normalized spacial score (nSPS) is 19.1. The Balaban J connectivity index is 1.55. The molecule has 1 aromatic heterocycles. The second-order valence-corrected chi connectivity index (χ2v) is 6.42. The first kappa shape index (κ1) is 17.1. The molecule has 7 nitrogen and oxygen atoms in total. The predicted molar refractivity (Wildman–Crippen MR) is 91.0 cm³/mol. The highest BCUT2D eigenvalue weighted by molar-refractivity contribution is 6.05. The van der Waals surface area contributed by atoms with Gasteiger partial charge in [0, 0.05) is 29.3 Å². The lowest BCUT2D eigenvalue weighted by Crippen LogP contribution is -2.52. The van der Waals surface area contributed by atoms with E-state index in [9.17, 15) is 18.8 Å². The van der Waals surface area contributed by atoms with Gasteiger partial charge in [0.05, 0.1) is 6.54 Å². The molecule has 0 spiro atoms. The third-order valence-electron chi connectivity index (χ3n) is 4.76. The molecule has 1 N–H and O–H groups in total. The topological polar surface area (TPSA) is 88.6 Å². The quantitative estimate of drug-likeness (QED) is 0.653. The monoisotopic (exact) mass is 369 g/mol. The molecular weight excluding hydrogens is 353 g/mol. The van der Waals surface area contributed by atoms with Gasteiger partial charge in [-0.05, 0) is 30.7 Å². The molecule has 3 amide bonds. The summed E-state index contributed by atoms with van der Waals surface area (Å²) in [5.74, 6) is -1.22. The second-order valence-electron chi connectivity index (χ2n) is 6.42. The van der Waals surface area contributed by atoms with Crippen LogP contribution in [0.15, 0.2) is 36.5 Å². The van der Waals surface area contributed by atoms with Crippen LogP contribution in [0.5, 0.6) is 5.75 Å². The van der Waals surface area contributed by atoms with Crippen molar-refractivity contribution >= 4 is 17.7 Å². The SMILES string of the molecule is O=C1CCC(N2Cc3c(OCc4cccnc4F)cccc3C2=O)C(=O)N1. The minimum absolute atomic E-state index is 0.0251. The van der Waals surface area contributed by atoms with Gasteiger partial charge in [-0.3, -0.25) is 19.7 Å². The molecule has 1 unspecified atom stereocenters. The van der Waals surface area contributed by atoms with Crippen LogP contribution >= 0.6 is 0 Å². The number of halogens is 1. The summed E-state index contributed by atoms with van der Waals surface area (Å²) in [5, 5.41) is 2.27. The fourth-order valence-electron chi connectivity index (χ4n) is 3.37. The van der Waals surface area contributed by atoms with Crippen LogP contribution in [0, 0.1) is 5.95 Å². The van der Waals surface area contributed by atoms with Crippen molar-refractivity contribution in [3.05, 3.63) is 59.2 Å². The van der Waals surface area contributed by atoms with Crippen LogP contribution in [0.25, 0.3) is 0 Å². The Hall–Kier alpha value is -3.29. The summed E-state index contributed by atoms with van der Waals surface area (Å²) in [6.07, 6.45) is 1.84. The molecule has 1 fully saturated rings. The third kappa shape index (κ3) is 3.14. The Morgan fingerprint density at radius 3 is 2.85 bits per heavy atom. The number of carbonyl (C=O) groups excluding carboxylic acids is 3. The number of nitrogens with one attached hydrogen (secondary N) is 1. The van der Waals surface area contributed by atoms with E-state index in [1.54, 1.807) is 30.3 Å². The highest BCUT2D eigenvalue weighted by atomic mass is 19.1. The van der Waals surface area contributed by atoms with Crippen molar-refractivity contribution in [2.45, 2.75) is 32.0 Å². The molecule has 0 bridgehead atoms. The van der Waals surface area contributed by atoms with E-state index in [2.05, 4.69) is 10.3 Å². The van der Waals surface area contributed by atoms with Gasteiger partial charge in [0.15, 0.2) is 0 Å². The molecule has 1 aromatic carbocycles. The highest BCUT2D eigenvalue weighted by Crippen LogP contribution is 2.33. The molecule has 4 rings (SSSR count). The molecule has 2 aliphatic heterocycles. The van der Waals surface area contributed by atoms with Crippen LogP contribution in [-0.4, -0.2) is 33.6 Å². The van der Waals surface area contributed by atoms with E-state index in [1.807, 2.05) is 0 Å². The predicted octanol–water partition coefficient (Wildman–Crippen LogP) is 1.56. The first-order valence-corrected chi connectivity index (χ1v) is 8.53. The van der Waals surface area contributed by atoms with Crippen LogP contribution in [0.1, 0.15) is 34.3 Å². The van der Waals surface area contributed by atoms with Gasteiger partial charge in [-0.25, -0.2) is 4.98 Å². The van der Waals surface area contributed by atoms with Gasteiger partial charge < -0.3 is 9.64 Å². The van der Waals surface area contributed by atoms with Gasteiger partial charge in [0.1, 0.15) is 18.4 Å². The first-order valence-electron chi connectivity index (χ1n) is 8.53. The van der Waals surface area contributed by atoms with E-state index in [0.717, 1.165) is 0 Å². The highest BCUT2D eigenvalue weighted by Gasteiger charge is 2.40. The zero-order valence-electron chi connectivity index (χ0n) is 14.3. The molecule has 0 radical (unpaired) electrons. The molecule has 3 heterocycles. The number of carbonyl (C=O) groups is 3. The summed E-state index contributed by atoms with van der Waals surface area (Å²) >= 11 is 0. The largest absolute Gasteiger partial charge is 0.488 e. The molecule has 27 heavy (non-hydrogen) atoms. The average molecular weight is 369 g/mol. The van der Waals surface area contributed by atoms with Crippen LogP contribution in [-0.2, 0) is 22.7 Å².